The second kappa shape index (κ2) is 9.68. The molecule has 39 heavy (non-hydrogen) atoms. The zero-order valence-corrected chi connectivity index (χ0v) is 22.4. The van der Waals surface area contributed by atoms with Gasteiger partial charge in [0.1, 0.15) is 17.8 Å². The average Bonchev–Trinajstić information content (AvgIpc) is 3.45. The monoisotopic (exact) mass is 517 g/mol. The van der Waals surface area contributed by atoms with Crippen LogP contribution in [-0.4, -0.2) is 26.5 Å². The first-order chi connectivity index (χ1) is 18.8. The molecular formula is C30H31N9. The summed E-state index contributed by atoms with van der Waals surface area (Å²) < 4.78 is 1.96. The van der Waals surface area contributed by atoms with E-state index in [-0.39, 0.29) is 11.5 Å². The van der Waals surface area contributed by atoms with Crippen LogP contribution in [0.2, 0.25) is 0 Å². The zero-order chi connectivity index (χ0) is 27.1. The van der Waals surface area contributed by atoms with Crippen LogP contribution in [-0.2, 0) is 13.1 Å². The highest BCUT2D eigenvalue weighted by molar-refractivity contribution is 5.99. The topological polar surface area (TPSA) is 127 Å². The van der Waals surface area contributed by atoms with Gasteiger partial charge in [-0.1, -0.05) is 44.2 Å². The number of pyridine rings is 1. The molecule has 2 aromatic heterocycles. The van der Waals surface area contributed by atoms with Crippen molar-refractivity contribution < 1.29 is 0 Å². The summed E-state index contributed by atoms with van der Waals surface area (Å²) in [5, 5.41) is 40.3. The van der Waals surface area contributed by atoms with Gasteiger partial charge >= 0.3 is 0 Å². The van der Waals surface area contributed by atoms with Crippen LogP contribution < -0.4 is 16.0 Å². The fraction of sp³-hybridized carbons (Fsp3) is 0.367. The van der Waals surface area contributed by atoms with Gasteiger partial charge in [-0.3, -0.25) is 4.98 Å². The molecule has 1 unspecified atom stereocenters. The van der Waals surface area contributed by atoms with Crippen LogP contribution in [0.1, 0.15) is 79.2 Å². The molecule has 6 rings (SSSR count). The number of fused-ring (bicyclic) bond motifs is 2. The molecule has 9 heteroatoms. The number of anilines is 2. The maximum atomic E-state index is 10.1. The third-order valence-corrected chi connectivity index (χ3v) is 7.30. The summed E-state index contributed by atoms with van der Waals surface area (Å²) in [5.74, 6) is 0. The Morgan fingerprint density at radius 1 is 1.13 bits per heavy atom. The summed E-state index contributed by atoms with van der Waals surface area (Å²) in [6.45, 7) is 8.69. The summed E-state index contributed by atoms with van der Waals surface area (Å²) in [5.41, 5.74) is 7.41. The lowest BCUT2D eigenvalue weighted by atomic mass is 9.95. The summed E-state index contributed by atoms with van der Waals surface area (Å²) in [7, 11) is 0. The van der Waals surface area contributed by atoms with Gasteiger partial charge < -0.3 is 16.0 Å². The molecule has 0 bridgehead atoms. The van der Waals surface area contributed by atoms with Crippen LogP contribution in [0.25, 0.3) is 10.9 Å². The molecule has 0 saturated heterocycles. The second-order valence-corrected chi connectivity index (χ2v) is 11.6. The molecule has 1 atom stereocenters. The number of hydrogen-bond acceptors (Lipinski definition) is 8. The number of rotatable bonds is 7. The molecule has 1 aliphatic carbocycles. The Bertz CT molecular complexity index is 1640. The van der Waals surface area contributed by atoms with Crippen molar-refractivity contribution in [1.29, 1.82) is 10.5 Å². The Morgan fingerprint density at radius 2 is 1.95 bits per heavy atom. The summed E-state index contributed by atoms with van der Waals surface area (Å²) in [4.78, 5) is 4.49. The molecule has 3 heterocycles. The Morgan fingerprint density at radius 3 is 2.69 bits per heavy atom. The highest BCUT2D eigenvalue weighted by Gasteiger charge is 2.29. The molecule has 1 aliphatic heterocycles. The number of hydrogen-bond donors (Lipinski definition) is 3. The number of nitrogens with zero attached hydrogens (tertiary/aromatic N) is 6. The van der Waals surface area contributed by atoms with Crippen molar-refractivity contribution in [2.75, 3.05) is 17.2 Å². The van der Waals surface area contributed by atoms with Crippen molar-refractivity contribution in [3.63, 3.8) is 0 Å². The van der Waals surface area contributed by atoms with E-state index in [4.69, 9.17) is 0 Å². The van der Waals surface area contributed by atoms with E-state index < -0.39 is 0 Å². The van der Waals surface area contributed by atoms with Crippen LogP contribution in [0.3, 0.4) is 0 Å². The molecule has 9 nitrogen and oxygen atoms in total. The lowest BCUT2D eigenvalue weighted by molar-refractivity contribution is 0.443. The second-order valence-electron chi connectivity index (χ2n) is 11.6. The van der Waals surface area contributed by atoms with E-state index in [2.05, 4.69) is 82.4 Å². The van der Waals surface area contributed by atoms with Crippen LogP contribution >= 0.6 is 0 Å². The van der Waals surface area contributed by atoms with Gasteiger partial charge in [0.05, 0.1) is 40.6 Å². The first kappa shape index (κ1) is 24.8. The molecule has 1 saturated carbocycles. The smallest absolute Gasteiger partial charge is 0.109 e. The van der Waals surface area contributed by atoms with Gasteiger partial charge in [-0.15, -0.1) is 5.10 Å². The molecule has 3 N–H and O–H groups in total. The zero-order valence-electron chi connectivity index (χ0n) is 22.4. The van der Waals surface area contributed by atoms with E-state index in [1.165, 1.54) is 11.1 Å². The lowest BCUT2D eigenvalue weighted by Crippen LogP contribution is -2.20. The van der Waals surface area contributed by atoms with Gasteiger partial charge in [0.2, 0.25) is 0 Å². The normalized spacial score (nSPS) is 15.4. The van der Waals surface area contributed by atoms with E-state index in [0.717, 1.165) is 48.3 Å². The maximum absolute atomic E-state index is 10.1. The van der Waals surface area contributed by atoms with Crippen molar-refractivity contribution in [3.05, 3.63) is 76.2 Å². The van der Waals surface area contributed by atoms with E-state index in [9.17, 15) is 10.5 Å². The van der Waals surface area contributed by atoms with Gasteiger partial charge in [0.15, 0.2) is 0 Å². The van der Waals surface area contributed by atoms with Gasteiger partial charge in [0, 0.05) is 36.9 Å². The lowest BCUT2D eigenvalue weighted by Gasteiger charge is -2.23. The molecule has 1 fully saturated rings. The van der Waals surface area contributed by atoms with E-state index in [0.29, 0.717) is 34.9 Å². The Hall–Kier alpha value is -4.47. The molecule has 0 amide bonds. The minimum Gasteiger partial charge on any atom is -0.383 e. The van der Waals surface area contributed by atoms with Gasteiger partial charge in [-0.05, 0) is 47.1 Å². The predicted octanol–water partition coefficient (Wildman–Crippen LogP) is 5.17. The third kappa shape index (κ3) is 4.89. The molecule has 0 radical (unpaired) electrons. The molecule has 2 aromatic carbocycles. The van der Waals surface area contributed by atoms with Crippen molar-refractivity contribution in [3.8, 4) is 12.1 Å². The fourth-order valence-electron chi connectivity index (χ4n) is 5.15. The van der Waals surface area contributed by atoms with E-state index >= 15 is 0 Å². The summed E-state index contributed by atoms with van der Waals surface area (Å²) >= 11 is 0. The van der Waals surface area contributed by atoms with Gasteiger partial charge in [-0.25, -0.2) is 4.68 Å². The first-order valence-corrected chi connectivity index (χ1v) is 13.3. The fourth-order valence-corrected chi connectivity index (χ4v) is 5.15. The minimum absolute atomic E-state index is 0.00353. The highest BCUT2D eigenvalue weighted by Crippen LogP contribution is 2.38. The third-order valence-electron chi connectivity index (χ3n) is 7.30. The molecule has 4 aromatic rings. The molecular weight excluding hydrogens is 486 g/mol. The number of aromatic nitrogens is 4. The maximum Gasteiger partial charge on any atom is 0.109 e. The first-order valence-electron chi connectivity index (χ1n) is 13.3. The quantitative estimate of drug-likeness (QED) is 0.306. The average molecular weight is 518 g/mol. The van der Waals surface area contributed by atoms with Crippen molar-refractivity contribution in [2.45, 2.75) is 58.8 Å². The summed E-state index contributed by atoms with van der Waals surface area (Å²) in [6, 6.07) is 14.9. The van der Waals surface area contributed by atoms with Crippen LogP contribution in [0, 0.1) is 28.1 Å². The van der Waals surface area contributed by atoms with E-state index in [1.807, 2.05) is 23.0 Å². The van der Waals surface area contributed by atoms with E-state index in [1.54, 1.807) is 6.20 Å². The Balaban J connectivity index is 1.47. The van der Waals surface area contributed by atoms with Crippen LogP contribution in [0.15, 0.2) is 42.7 Å². The SMILES string of the molecule is CC(C)(C)CNc1c(C#N)cnc2c(C#N)cc(NC(c3cn(C4CC4)nn3)c3cccc4c3CNC4)cc12. The van der Waals surface area contributed by atoms with Gasteiger partial charge in [0.25, 0.3) is 0 Å². The number of benzene rings is 2. The van der Waals surface area contributed by atoms with Gasteiger partial charge in [-0.2, -0.15) is 10.5 Å². The number of nitriles is 2. The molecule has 0 spiro atoms. The highest BCUT2D eigenvalue weighted by atomic mass is 15.4. The standard InChI is InChI=1S/C30H31N9/c1-30(2,3)17-35-28-20(12-32)14-34-27-19(11-31)9-21(10-24(27)28)36-29(26-16-39(38-37-26)22-7-8-22)23-6-4-5-18-13-33-15-25(18)23/h4-6,9-10,14,16,22,29,33,36H,7-8,13,15,17H2,1-3H3,(H,34,35). The molecule has 2 aliphatic rings. The van der Waals surface area contributed by atoms with Crippen molar-refractivity contribution in [2.24, 2.45) is 5.41 Å². The predicted molar refractivity (Wildman–Crippen MR) is 150 cm³/mol. The van der Waals surface area contributed by atoms with Crippen molar-refractivity contribution >= 4 is 22.3 Å². The Labute approximate surface area is 227 Å². The Kier molecular flexibility index (Phi) is 6.17. The molecule has 196 valence electrons. The largest absolute Gasteiger partial charge is 0.383 e. The minimum atomic E-state index is -0.269. The van der Waals surface area contributed by atoms with Crippen LogP contribution in [0.4, 0.5) is 11.4 Å². The van der Waals surface area contributed by atoms with Crippen LogP contribution in [0.5, 0.6) is 0 Å². The van der Waals surface area contributed by atoms with Crippen molar-refractivity contribution in [1.82, 2.24) is 25.3 Å². The summed E-state index contributed by atoms with van der Waals surface area (Å²) in [6.07, 6.45) is 5.83. The number of nitrogens with one attached hydrogen (secondary N) is 3.